The van der Waals surface area contributed by atoms with Gasteiger partial charge in [-0.05, 0) is 54.7 Å². The van der Waals surface area contributed by atoms with E-state index in [2.05, 4.69) is 33.0 Å². The topological polar surface area (TPSA) is 56.8 Å². The van der Waals surface area contributed by atoms with Gasteiger partial charge in [0.15, 0.2) is 5.06 Å². The van der Waals surface area contributed by atoms with Gasteiger partial charge in [0.25, 0.3) is 0 Å². The van der Waals surface area contributed by atoms with Gasteiger partial charge in [-0.3, -0.25) is 0 Å². The SMILES string of the molecule is CCCOc1ccc(CNC(=O)Oc2sc(C)c3c2C[C@@H]2[C@H]3C2(C)C)c(OC)c1. The predicted octanol–water partition coefficient (Wildman–Crippen LogP) is 5.44. The third kappa shape index (κ3) is 3.59. The number of carbonyl (C=O) groups is 1. The molecule has 2 aromatic rings. The van der Waals surface area contributed by atoms with E-state index in [4.69, 9.17) is 14.2 Å². The molecule has 1 fully saturated rings. The minimum atomic E-state index is -0.428. The molecule has 6 heteroatoms. The van der Waals surface area contributed by atoms with Crippen molar-refractivity contribution < 1.29 is 19.0 Å². The van der Waals surface area contributed by atoms with Crippen molar-refractivity contribution in [2.24, 2.45) is 11.3 Å². The van der Waals surface area contributed by atoms with Crippen molar-refractivity contribution >= 4 is 17.4 Å². The van der Waals surface area contributed by atoms with E-state index >= 15 is 0 Å². The molecule has 1 N–H and O–H groups in total. The van der Waals surface area contributed by atoms with Crippen molar-refractivity contribution in [1.29, 1.82) is 0 Å². The number of carbonyl (C=O) groups excluding carboxylic acids is 1. The monoisotopic (exact) mass is 415 g/mol. The maximum Gasteiger partial charge on any atom is 0.413 e. The second-order valence-electron chi connectivity index (χ2n) is 8.51. The van der Waals surface area contributed by atoms with Crippen LogP contribution in [0.5, 0.6) is 16.6 Å². The summed E-state index contributed by atoms with van der Waals surface area (Å²) in [5.41, 5.74) is 3.94. The van der Waals surface area contributed by atoms with Crippen LogP contribution in [-0.2, 0) is 13.0 Å². The van der Waals surface area contributed by atoms with Crippen molar-refractivity contribution in [1.82, 2.24) is 5.32 Å². The van der Waals surface area contributed by atoms with Gasteiger partial charge in [0.05, 0.1) is 13.7 Å². The molecular weight excluding hydrogens is 386 g/mol. The predicted molar refractivity (Wildman–Crippen MR) is 114 cm³/mol. The van der Waals surface area contributed by atoms with Gasteiger partial charge in [-0.25, -0.2) is 4.79 Å². The van der Waals surface area contributed by atoms with Crippen LogP contribution in [0.15, 0.2) is 18.2 Å². The van der Waals surface area contributed by atoms with Gasteiger partial charge in [-0.2, -0.15) is 0 Å². The van der Waals surface area contributed by atoms with E-state index in [1.807, 2.05) is 18.2 Å². The maximum atomic E-state index is 12.4. The van der Waals surface area contributed by atoms with E-state index in [9.17, 15) is 4.79 Å². The molecule has 29 heavy (non-hydrogen) atoms. The lowest BCUT2D eigenvalue weighted by atomic mass is 9.96. The third-order valence-corrected chi connectivity index (χ3v) is 7.36. The molecule has 1 amide bonds. The molecule has 5 nitrogen and oxygen atoms in total. The fraction of sp³-hybridized carbons (Fsp3) is 0.522. The van der Waals surface area contributed by atoms with E-state index in [1.165, 1.54) is 16.0 Å². The maximum absolute atomic E-state index is 12.4. The Morgan fingerprint density at radius 3 is 2.86 bits per heavy atom. The van der Waals surface area contributed by atoms with Gasteiger partial charge < -0.3 is 19.5 Å². The summed E-state index contributed by atoms with van der Waals surface area (Å²) in [6.07, 6.45) is 1.54. The summed E-state index contributed by atoms with van der Waals surface area (Å²) in [6.45, 7) is 9.87. The number of hydrogen-bond donors (Lipinski definition) is 1. The highest BCUT2D eigenvalue weighted by atomic mass is 32.1. The van der Waals surface area contributed by atoms with Gasteiger partial charge in [0.2, 0.25) is 0 Å². The molecule has 0 saturated heterocycles. The number of fused-ring (bicyclic) bond motifs is 3. The first-order valence-corrected chi connectivity index (χ1v) is 11.1. The highest BCUT2D eigenvalue weighted by Gasteiger charge is 2.63. The molecule has 4 rings (SSSR count). The minimum Gasteiger partial charge on any atom is -0.496 e. The average Bonchev–Trinajstić information content (AvgIpc) is 3.02. The highest BCUT2D eigenvalue weighted by Crippen LogP contribution is 2.72. The Bertz CT molecular complexity index is 933. The van der Waals surface area contributed by atoms with Gasteiger partial charge in [0.1, 0.15) is 11.5 Å². The van der Waals surface area contributed by atoms with Crippen LogP contribution < -0.4 is 19.5 Å². The first kappa shape index (κ1) is 20.1. The van der Waals surface area contributed by atoms with Crippen LogP contribution in [-0.4, -0.2) is 19.8 Å². The molecule has 2 atom stereocenters. The van der Waals surface area contributed by atoms with Gasteiger partial charge >= 0.3 is 6.09 Å². The molecule has 1 aromatic carbocycles. The minimum absolute atomic E-state index is 0.334. The fourth-order valence-electron chi connectivity index (χ4n) is 4.65. The zero-order valence-electron chi connectivity index (χ0n) is 17.8. The van der Waals surface area contributed by atoms with Crippen molar-refractivity contribution in [3.8, 4) is 16.6 Å². The lowest BCUT2D eigenvalue weighted by Gasteiger charge is -2.13. The molecule has 1 saturated carbocycles. The van der Waals surface area contributed by atoms with Crippen LogP contribution in [0.4, 0.5) is 4.79 Å². The molecule has 1 aromatic heterocycles. The van der Waals surface area contributed by atoms with Crippen LogP contribution in [0.3, 0.4) is 0 Å². The Labute approximate surface area is 176 Å². The van der Waals surface area contributed by atoms with Crippen LogP contribution >= 0.6 is 11.3 Å². The first-order chi connectivity index (χ1) is 13.9. The van der Waals surface area contributed by atoms with Crippen LogP contribution in [0.25, 0.3) is 0 Å². The fourth-order valence-corrected chi connectivity index (χ4v) is 5.72. The number of amides is 1. The number of nitrogens with one attached hydrogen (secondary N) is 1. The molecule has 1 heterocycles. The normalized spacial score (nSPS) is 20.6. The number of methoxy groups -OCH3 is 1. The zero-order valence-corrected chi connectivity index (χ0v) is 18.6. The number of hydrogen-bond acceptors (Lipinski definition) is 5. The second kappa shape index (κ2) is 7.56. The molecule has 0 spiro atoms. The summed E-state index contributed by atoms with van der Waals surface area (Å²) >= 11 is 1.59. The Hall–Kier alpha value is -2.21. The summed E-state index contributed by atoms with van der Waals surface area (Å²) in [4.78, 5) is 13.7. The van der Waals surface area contributed by atoms with Crippen LogP contribution in [0, 0.1) is 18.3 Å². The first-order valence-electron chi connectivity index (χ1n) is 10.2. The largest absolute Gasteiger partial charge is 0.496 e. The summed E-state index contributed by atoms with van der Waals surface area (Å²) in [5.74, 6) is 2.78. The molecule has 0 bridgehead atoms. The Balaban J connectivity index is 1.38. The van der Waals surface area contributed by atoms with Gasteiger partial charge in [-0.1, -0.05) is 20.8 Å². The smallest absolute Gasteiger partial charge is 0.413 e. The molecule has 2 aliphatic carbocycles. The van der Waals surface area contributed by atoms with Crippen LogP contribution in [0.1, 0.15) is 54.7 Å². The summed E-state index contributed by atoms with van der Waals surface area (Å²) < 4.78 is 16.8. The summed E-state index contributed by atoms with van der Waals surface area (Å²) in [7, 11) is 1.62. The number of rotatable bonds is 7. The van der Waals surface area contributed by atoms with E-state index in [-0.39, 0.29) is 0 Å². The standard InChI is InChI=1S/C23H29NO4S/c1-6-9-27-15-8-7-14(18(10-15)26-5)12-24-22(25)28-21-16-11-17-20(23(17,3)4)19(16)13(2)29-21/h7-8,10,17,20H,6,9,11-12H2,1-5H3,(H,24,25)/t17-,20-/m1/s1. The number of aryl methyl sites for hydroxylation is 1. The van der Waals surface area contributed by atoms with Gasteiger partial charge in [-0.15, -0.1) is 11.3 Å². The zero-order chi connectivity index (χ0) is 20.8. The summed E-state index contributed by atoms with van der Waals surface area (Å²) in [5, 5.41) is 3.61. The van der Waals surface area contributed by atoms with Crippen molar-refractivity contribution in [2.75, 3.05) is 13.7 Å². The highest BCUT2D eigenvalue weighted by molar-refractivity contribution is 7.14. The second-order valence-corrected chi connectivity index (χ2v) is 9.70. The molecular formula is C23H29NO4S. The van der Waals surface area contributed by atoms with E-state index < -0.39 is 6.09 Å². The molecule has 2 aliphatic rings. The van der Waals surface area contributed by atoms with Crippen LogP contribution in [0.2, 0.25) is 0 Å². The number of benzene rings is 1. The van der Waals surface area contributed by atoms with E-state index in [0.717, 1.165) is 29.2 Å². The van der Waals surface area contributed by atoms with Crippen molar-refractivity contribution in [3.05, 3.63) is 39.8 Å². The van der Waals surface area contributed by atoms with Crippen molar-refractivity contribution in [2.45, 2.75) is 53.0 Å². The Kier molecular flexibility index (Phi) is 5.23. The average molecular weight is 416 g/mol. The molecule has 0 radical (unpaired) electrons. The van der Waals surface area contributed by atoms with E-state index in [1.54, 1.807) is 18.4 Å². The lowest BCUT2D eigenvalue weighted by Crippen LogP contribution is -2.26. The third-order valence-electron chi connectivity index (χ3n) is 6.32. The quantitative estimate of drug-likeness (QED) is 0.654. The molecule has 0 unspecified atom stereocenters. The Morgan fingerprint density at radius 1 is 1.34 bits per heavy atom. The van der Waals surface area contributed by atoms with E-state index in [0.29, 0.717) is 36.2 Å². The number of thiophene rings is 1. The molecule has 0 aliphatic heterocycles. The van der Waals surface area contributed by atoms with Gasteiger partial charge in [0, 0.05) is 28.6 Å². The lowest BCUT2D eigenvalue weighted by molar-refractivity contribution is 0.201. The van der Waals surface area contributed by atoms with Crippen molar-refractivity contribution in [3.63, 3.8) is 0 Å². The number of ether oxygens (including phenoxy) is 3. The summed E-state index contributed by atoms with van der Waals surface area (Å²) in [6, 6.07) is 5.65. The molecule has 156 valence electrons. The Morgan fingerprint density at radius 2 is 2.14 bits per heavy atom.